The number of ether oxygens (including phenoxy) is 1. The van der Waals surface area contributed by atoms with Gasteiger partial charge in [0, 0.05) is 44.8 Å². The first kappa shape index (κ1) is 20.4. The predicted molar refractivity (Wildman–Crippen MR) is 112 cm³/mol. The maximum Gasteiger partial charge on any atom is 0.239 e. The zero-order chi connectivity index (χ0) is 19.9. The molecular formula is C23H31N3O2. The lowest BCUT2D eigenvalue weighted by Crippen LogP contribution is -2.53. The van der Waals surface area contributed by atoms with Crippen molar-refractivity contribution >= 4 is 5.91 Å². The standard InChI is InChI=1S/C23H31N3O2/c1-19(24(2)18-21-11-7-8-12-22(21)28-3)23(27)26-15-13-25(14-16-26)17-20-9-5-4-6-10-20/h4-12,19H,13-18H2,1-3H3/t19-/m0/s1. The first-order valence-corrected chi connectivity index (χ1v) is 9.95. The molecule has 1 amide bonds. The lowest BCUT2D eigenvalue weighted by Gasteiger charge is -2.37. The van der Waals surface area contributed by atoms with Crippen LogP contribution in [-0.2, 0) is 17.9 Å². The number of benzene rings is 2. The van der Waals surface area contributed by atoms with Gasteiger partial charge in [-0.15, -0.1) is 0 Å². The van der Waals surface area contributed by atoms with Crippen molar-refractivity contribution in [3.63, 3.8) is 0 Å². The Morgan fingerprint density at radius 1 is 1.04 bits per heavy atom. The van der Waals surface area contributed by atoms with Gasteiger partial charge in [0.2, 0.25) is 5.91 Å². The van der Waals surface area contributed by atoms with Crippen molar-refractivity contribution in [3.05, 3.63) is 65.7 Å². The van der Waals surface area contributed by atoms with Crippen LogP contribution >= 0.6 is 0 Å². The zero-order valence-electron chi connectivity index (χ0n) is 17.2. The second-order valence-electron chi connectivity index (χ2n) is 7.49. The molecule has 0 N–H and O–H groups in total. The van der Waals surface area contributed by atoms with E-state index < -0.39 is 0 Å². The number of hydrogen-bond donors (Lipinski definition) is 0. The quantitative estimate of drug-likeness (QED) is 0.739. The summed E-state index contributed by atoms with van der Waals surface area (Å²) >= 11 is 0. The van der Waals surface area contributed by atoms with Crippen molar-refractivity contribution in [2.24, 2.45) is 0 Å². The Labute approximate surface area is 168 Å². The molecule has 0 saturated carbocycles. The number of piperazine rings is 1. The Kier molecular flexibility index (Phi) is 7.06. The number of para-hydroxylation sites is 1. The van der Waals surface area contributed by atoms with Gasteiger partial charge in [-0.2, -0.15) is 0 Å². The second kappa shape index (κ2) is 9.71. The summed E-state index contributed by atoms with van der Waals surface area (Å²) < 4.78 is 5.44. The van der Waals surface area contributed by atoms with Gasteiger partial charge >= 0.3 is 0 Å². The van der Waals surface area contributed by atoms with Gasteiger partial charge in [-0.05, 0) is 25.6 Å². The number of hydrogen-bond acceptors (Lipinski definition) is 4. The lowest BCUT2D eigenvalue weighted by atomic mass is 10.1. The number of carbonyl (C=O) groups excluding carboxylic acids is 1. The summed E-state index contributed by atoms with van der Waals surface area (Å²) in [7, 11) is 3.68. The van der Waals surface area contributed by atoms with Gasteiger partial charge in [-0.3, -0.25) is 14.6 Å². The Bertz CT molecular complexity index is 757. The SMILES string of the molecule is COc1ccccc1CN(C)[C@@H](C)C(=O)N1CCN(Cc2ccccc2)CC1. The van der Waals surface area contributed by atoms with E-state index in [4.69, 9.17) is 4.74 Å². The van der Waals surface area contributed by atoms with Crippen LogP contribution in [-0.4, -0.2) is 67.0 Å². The molecule has 0 radical (unpaired) electrons. The van der Waals surface area contributed by atoms with Crippen LogP contribution in [0.5, 0.6) is 5.75 Å². The van der Waals surface area contributed by atoms with Gasteiger partial charge in [0.1, 0.15) is 5.75 Å². The molecule has 5 heteroatoms. The number of rotatable bonds is 7. The van der Waals surface area contributed by atoms with Crippen LogP contribution in [0.15, 0.2) is 54.6 Å². The maximum atomic E-state index is 13.0. The minimum atomic E-state index is -0.161. The highest BCUT2D eigenvalue weighted by Crippen LogP contribution is 2.20. The van der Waals surface area contributed by atoms with Gasteiger partial charge in [-0.1, -0.05) is 48.5 Å². The van der Waals surface area contributed by atoms with Crippen molar-refractivity contribution in [1.29, 1.82) is 0 Å². The van der Waals surface area contributed by atoms with E-state index in [0.29, 0.717) is 6.54 Å². The van der Waals surface area contributed by atoms with Crippen LogP contribution in [0, 0.1) is 0 Å². The van der Waals surface area contributed by atoms with E-state index in [9.17, 15) is 4.79 Å². The average Bonchev–Trinajstić information content (AvgIpc) is 2.74. The molecule has 0 bridgehead atoms. The molecule has 0 aromatic heterocycles. The van der Waals surface area contributed by atoms with Crippen molar-refractivity contribution in [3.8, 4) is 5.75 Å². The number of likely N-dealkylation sites (N-methyl/N-ethyl adjacent to an activating group) is 1. The Balaban J connectivity index is 1.51. The number of amides is 1. The van der Waals surface area contributed by atoms with Crippen LogP contribution < -0.4 is 4.74 Å². The zero-order valence-corrected chi connectivity index (χ0v) is 17.2. The lowest BCUT2D eigenvalue weighted by molar-refractivity contribution is -0.138. The summed E-state index contributed by atoms with van der Waals surface area (Å²) in [6, 6.07) is 18.3. The Morgan fingerprint density at radius 2 is 1.68 bits per heavy atom. The minimum Gasteiger partial charge on any atom is -0.496 e. The molecule has 1 fully saturated rings. The fourth-order valence-corrected chi connectivity index (χ4v) is 3.66. The number of methoxy groups -OCH3 is 1. The molecule has 3 rings (SSSR count). The average molecular weight is 382 g/mol. The van der Waals surface area contributed by atoms with Crippen molar-refractivity contribution in [1.82, 2.24) is 14.7 Å². The molecular weight excluding hydrogens is 350 g/mol. The monoisotopic (exact) mass is 381 g/mol. The smallest absolute Gasteiger partial charge is 0.239 e. The van der Waals surface area contributed by atoms with Crippen LogP contribution in [0.2, 0.25) is 0 Å². The highest BCUT2D eigenvalue weighted by atomic mass is 16.5. The number of nitrogens with zero attached hydrogens (tertiary/aromatic N) is 3. The molecule has 1 aliphatic rings. The topological polar surface area (TPSA) is 36.0 Å². The third-order valence-electron chi connectivity index (χ3n) is 5.56. The van der Waals surface area contributed by atoms with E-state index in [-0.39, 0.29) is 11.9 Å². The van der Waals surface area contributed by atoms with Gasteiger partial charge in [-0.25, -0.2) is 0 Å². The maximum absolute atomic E-state index is 13.0. The van der Waals surface area contributed by atoms with Crippen molar-refractivity contribution < 1.29 is 9.53 Å². The first-order valence-electron chi connectivity index (χ1n) is 9.95. The van der Waals surface area contributed by atoms with E-state index in [2.05, 4.69) is 40.1 Å². The molecule has 1 saturated heterocycles. The van der Waals surface area contributed by atoms with Crippen molar-refractivity contribution in [2.75, 3.05) is 40.3 Å². The number of carbonyl (C=O) groups is 1. The summed E-state index contributed by atoms with van der Waals surface area (Å²) in [5.41, 5.74) is 2.42. The predicted octanol–water partition coefficient (Wildman–Crippen LogP) is 2.86. The molecule has 0 spiro atoms. The van der Waals surface area contributed by atoms with E-state index in [1.54, 1.807) is 7.11 Å². The van der Waals surface area contributed by atoms with E-state index in [1.807, 2.05) is 43.1 Å². The molecule has 2 aromatic carbocycles. The molecule has 1 heterocycles. The van der Waals surface area contributed by atoms with Crippen LogP contribution in [0.4, 0.5) is 0 Å². The van der Waals surface area contributed by atoms with Gasteiger partial charge in [0.25, 0.3) is 0 Å². The Hall–Kier alpha value is -2.37. The van der Waals surface area contributed by atoms with Crippen LogP contribution in [0.25, 0.3) is 0 Å². The first-order chi connectivity index (χ1) is 13.6. The summed E-state index contributed by atoms with van der Waals surface area (Å²) in [6.07, 6.45) is 0. The molecule has 28 heavy (non-hydrogen) atoms. The summed E-state index contributed by atoms with van der Waals surface area (Å²) in [5.74, 6) is 1.07. The van der Waals surface area contributed by atoms with Crippen LogP contribution in [0.1, 0.15) is 18.1 Å². The highest BCUT2D eigenvalue weighted by molar-refractivity contribution is 5.81. The molecule has 0 unspecified atom stereocenters. The highest BCUT2D eigenvalue weighted by Gasteiger charge is 2.27. The molecule has 2 aromatic rings. The third kappa shape index (κ3) is 5.12. The van der Waals surface area contributed by atoms with Crippen LogP contribution in [0.3, 0.4) is 0 Å². The van der Waals surface area contributed by atoms with E-state index in [1.165, 1.54) is 5.56 Å². The summed E-state index contributed by atoms with van der Waals surface area (Å²) in [5, 5.41) is 0. The summed E-state index contributed by atoms with van der Waals surface area (Å²) in [6.45, 7) is 7.05. The molecule has 1 aliphatic heterocycles. The van der Waals surface area contributed by atoms with E-state index in [0.717, 1.165) is 44.0 Å². The van der Waals surface area contributed by atoms with Gasteiger partial charge in [0.15, 0.2) is 0 Å². The van der Waals surface area contributed by atoms with Gasteiger partial charge in [0.05, 0.1) is 13.2 Å². The summed E-state index contributed by atoms with van der Waals surface area (Å²) in [4.78, 5) is 19.5. The second-order valence-corrected chi connectivity index (χ2v) is 7.49. The molecule has 0 aliphatic carbocycles. The van der Waals surface area contributed by atoms with E-state index >= 15 is 0 Å². The molecule has 5 nitrogen and oxygen atoms in total. The minimum absolute atomic E-state index is 0.161. The van der Waals surface area contributed by atoms with Crippen molar-refractivity contribution in [2.45, 2.75) is 26.1 Å². The third-order valence-corrected chi connectivity index (χ3v) is 5.56. The largest absolute Gasteiger partial charge is 0.496 e. The van der Waals surface area contributed by atoms with Gasteiger partial charge < -0.3 is 9.64 Å². The molecule has 1 atom stereocenters. The Morgan fingerprint density at radius 3 is 2.36 bits per heavy atom. The fourth-order valence-electron chi connectivity index (χ4n) is 3.66. The normalized spacial score (nSPS) is 16.2. The molecule has 150 valence electrons. The fraction of sp³-hybridized carbons (Fsp3) is 0.435.